The van der Waals surface area contributed by atoms with E-state index in [0.29, 0.717) is 54.4 Å². The Morgan fingerprint density at radius 3 is 1.77 bits per heavy atom. The van der Waals surface area contributed by atoms with Gasteiger partial charge in [-0.25, -0.2) is 33.4 Å². The van der Waals surface area contributed by atoms with Crippen LogP contribution in [0, 0.1) is 23.0 Å². The molecule has 2 aliphatic rings. The summed E-state index contributed by atoms with van der Waals surface area (Å²) < 4.78 is 30.8. The van der Waals surface area contributed by atoms with Crippen molar-refractivity contribution in [2.45, 2.75) is 36.5 Å². The molecule has 2 amide bonds. The number of hydrogen-bond acceptors (Lipinski definition) is 9. The van der Waals surface area contributed by atoms with Crippen molar-refractivity contribution < 1.29 is 18.4 Å². The average Bonchev–Trinajstić information content (AvgIpc) is 4.04. The number of carbonyl (C=O) groups excluding carboxylic acids is 2. The van der Waals surface area contributed by atoms with Gasteiger partial charge in [-0.15, -0.1) is 5.10 Å². The number of anilines is 2. The van der Waals surface area contributed by atoms with E-state index in [1.807, 2.05) is 6.07 Å². The van der Waals surface area contributed by atoms with Gasteiger partial charge in [0, 0.05) is 54.2 Å². The van der Waals surface area contributed by atoms with Crippen LogP contribution in [-0.4, -0.2) is 51.7 Å². The van der Waals surface area contributed by atoms with Crippen LogP contribution in [0.15, 0.2) is 107 Å². The van der Waals surface area contributed by atoms with E-state index in [2.05, 4.69) is 77.7 Å². The first-order valence-corrected chi connectivity index (χ1v) is 17.3. The van der Waals surface area contributed by atoms with Crippen LogP contribution in [0.4, 0.5) is 20.4 Å². The number of aromatic amines is 1. The van der Waals surface area contributed by atoms with Gasteiger partial charge < -0.3 is 10.6 Å². The molecule has 0 saturated heterocycles. The molecular formula is C35H27Br2F2N11O2. The SMILES string of the molecule is N#Cc1ncc(Br)cn1.O=C(Nc1ccn(-c2ncc(Br)cn2)n1)C1(c2ccccc2F)CC1.O=C(Nc1ccn[nH]1)C1(c2ccccc2F)CC1. The summed E-state index contributed by atoms with van der Waals surface area (Å²) >= 11 is 6.41. The Balaban J connectivity index is 0.000000149. The molecule has 0 spiro atoms. The molecule has 0 atom stereocenters. The average molecular weight is 831 g/mol. The van der Waals surface area contributed by atoms with Crippen molar-refractivity contribution in [1.82, 2.24) is 39.9 Å². The fraction of sp³-hybridized carbons (Fsp3) is 0.171. The molecule has 0 bridgehead atoms. The number of carbonyl (C=O) groups is 2. The van der Waals surface area contributed by atoms with E-state index < -0.39 is 10.8 Å². The summed E-state index contributed by atoms with van der Waals surface area (Å²) in [5.41, 5.74) is -0.607. The summed E-state index contributed by atoms with van der Waals surface area (Å²) in [4.78, 5) is 40.5. The number of nitrogens with zero attached hydrogens (tertiary/aromatic N) is 8. The van der Waals surface area contributed by atoms with E-state index in [-0.39, 0.29) is 29.3 Å². The number of amides is 2. The molecule has 2 aromatic carbocycles. The number of nitrogens with one attached hydrogen (secondary N) is 3. The highest BCUT2D eigenvalue weighted by molar-refractivity contribution is 9.10. The van der Waals surface area contributed by atoms with E-state index in [1.165, 1.54) is 29.2 Å². The Labute approximate surface area is 312 Å². The monoisotopic (exact) mass is 829 g/mol. The quantitative estimate of drug-likeness (QED) is 0.161. The maximum atomic E-state index is 14.1. The fourth-order valence-corrected chi connectivity index (χ4v) is 5.69. The zero-order valence-electron chi connectivity index (χ0n) is 27.0. The maximum Gasteiger partial charge on any atom is 0.250 e. The second-order valence-corrected chi connectivity index (χ2v) is 13.5. The highest BCUT2D eigenvalue weighted by Gasteiger charge is 2.53. The summed E-state index contributed by atoms with van der Waals surface area (Å²) in [5, 5.41) is 24.4. The summed E-state index contributed by atoms with van der Waals surface area (Å²) in [7, 11) is 0. The summed E-state index contributed by atoms with van der Waals surface area (Å²) in [6.45, 7) is 0. The molecule has 4 aromatic heterocycles. The highest BCUT2D eigenvalue weighted by Crippen LogP contribution is 2.50. The van der Waals surface area contributed by atoms with Gasteiger partial charge in [0.05, 0.1) is 26.0 Å². The third kappa shape index (κ3) is 8.24. The van der Waals surface area contributed by atoms with Gasteiger partial charge in [-0.05, 0) is 69.7 Å². The van der Waals surface area contributed by atoms with Gasteiger partial charge in [0.25, 0.3) is 5.95 Å². The molecular weight excluding hydrogens is 804 g/mol. The Bertz CT molecular complexity index is 2220. The van der Waals surface area contributed by atoms with Gasteiger partial charge in [0.1, 0.15) is 23.5 Å². The zero-order chi connectivity index (χ0) is 36.7. The fourth-order valence-electron chi connectivity index (χ4n) is 5.29. The Kier molecular flexibility index (Phi) is 10.9. The molecule has 52 heavy (non-hydrogen) atoms. The van der Waals surface area contributed by atoms with Crippen LogP contribution in [0.1, 0.15) is 42.6 Å². The predicted molar refractivity (Wildman–Crippen MR) is 192 cm³/mol. The largest absolute Gasteiger partial charge is 0.310 e. The minimum atomic E-state index is -0.802. The van der Waals surface area contributed by atoms with Crippen LogP contribution in [0.5, 0.6) is 0 Å². The van der Waals surface area contributed by atoms with Crippen LogP contribution < -0.4 is 10.6 Å². The normalized spacial score (nSPS) is 14.3. The first-order chi connectivity index (χ1) is 25.1. The zero-order valence-corrected chi connectivity index (χ0v) is 30.1. The molecule has 2 aliphatic carbocycles. The van der Waals surface area contributed by atoms with Crippen molar-refractivity contribution in [2.24, 2.45) is 0 Å². The number of hydrogen-bond donors (Lipinski definition) is 3. The molecule has 262 valence electrons. The van der Waals surface area contributed by atoms with Crippen LogP contribution in [0.2, 0.25) is 0 Å². The number of rotatable bonds is 7. The number of benzene rings is 2. The van der Waals surface area contributed by atoms with Gasteiger partial charge in [0.2, 0.25) is 17.6 Å². The van der Waals surface area contributed by atoms with E-state index in [0.717, 1.165) is 8.95 Å². The van der Waals surface area contributed by atoms with Gasteiger partial charge in [-0.1, -0.05) is 36.4 Å². The molecule has 2 fully saturated rings. The smallest absolute Gasteiger partial charge is 0.250 e. The van der Waals surface area contributed by atoms with E-state index in [4.69, 9.17) is 5.26 Å². The number of halogens is 4. The molecule has 0 radical (unpaired) electrons. The van der Waals surface area contributed by atoms with E-state index in [9.17, 15) is 18.4 Å². The molecule has 17 heteroatoms. The van der Waals surface area contributed by atoms with Gasteiger partial charge in [0.15, 0.2) is 5.82 Å². The number of H-pyrrole nitrogens is 1. The van der Waals surface area contributed by atoms with Crippen molar-refractivity contribution in [2.75, 3.05) is 10.6 Å². The Morgan fingerprint density at radius 1 is 0.769 bits per heavy atom. The Hall–Kier alpha value is -5.73. The van der Waals surface area contributed by atoms with Crippen LogP contribution in [0.25, 0.3) is 5.95 Å². The lowest BCUT2D eigenvalue weighted by atomic mass is 9.94. The summed E-state index contributed by atoms with van der Waals surface area (Å²) in [6, 6.07) is 18.0. The molecule has 3 N–H and O–H groups in total. The molecule has 0 unspecified atom stereocenters. The lowest BCUT2D eigenvalue weighted by molar-refractivity contribution is -0.119. The van der Waals surface area contributed by atoms with Gasteiger partial charge in [-0.3, -0.25) is 14.7 Å². The molecule has 8 rings (SSSR count). The highest BCUT2D eigenvalue weighted by atomic mass is 79.9. The topological polar surface area (TPSA) is 180 Å². The molecule has 2 saturated carbocycles. The third-order valence-corrected chi connectivity index (χ3v) is 9.08. The van der Waals surface area contributed by atoms with Crippen molar-refractivity contribution in [1.29, 1.82) is 5.26 Å². The minimum absolute atomic E-state index is 0.183. The van der Waals surface area contributed by atoms with Crippen molar-refractivity contribution in [3.63, 3.8) is 0 Å². The van der Waals surface area contributed by atoms with Crippen LogP contribution >= 0.6 is 31.9 Å². The van der Waals surface area contributed by atoms with Gasteiger partial charge in [-0.2, -0.15) is 10.4 Å². The second kappa shape index (κ2) is 15.7. The first kappa shape index (κ1) is 36.1. The molecule has 4 heterocycles. The lowest BCUT2D eigenvalue weighted by Gasteiger charge is -2.15. The van der Waals surface area contributed by atoms with Crippen molar-refractivity contribution in [3.8, 4) is 12.0 Å². The number of nitriles is 1. The van der Waals surface area contributed by atoms with Crippen LogP contribution in [-0.2, 0) is 20.4 Å². The minimum Gasteiger partial charge on any atom is -0.310 e. The van der Waals surface area contributed by atoms with Crippen molar-refractivity contribution in [3.05, 3.63) is 135 Å². The predicted octanol–water partition coefficient (Wildman–Crippen LogP) is 6.56. The van der Waals surface area contributed by atoms with Crippen LogP contribution in [0.3, 0.4) is 0 Å². The maximum absolute atomic E-state index is 14.1. The molecule has 13 nitrogen and oxygen atoms in total. The second-order valence-electron chi connectivity index (χ2n) is 11.7. The standard InChI is InChI=1S/C17H13BrFN5O.C13H12FN3O.C5H2BrN3/c18-11-9-20-16(21-10-11)24-8-5-14(23-24)22-15(25)17(6-7-17)12-3-1-2-4-13(12)19;14-10-4-2-1-3-9(10)13(6-7-13)12(18)16-11-5-8-15-17-11;6-4-2-8-5(1-7)9-3-4/h1-5,8-10H,6-7H2,(H,22,23,25);1-5,8H,6-7H2,(H2,15,16,17,18);2-3H. The third-order valence-electron chi connectivity index (χ3n) is 8.26. The summed E-state index contributed by atoms with van der Waals surface area (Å²) in [5.74, 6) is 0.369. The Morgan fingerprint density at radius 2 is 1.29 bits per heavy atom. The lowest BCUT2D eigenvalue weighted by Crippen LogP contribution is -2.29. The van der Waals surface area contributed by atoms with Gasteiger partial charge >= 0.3 is 0 Å². The van der Waals surface area contributed by atoms with E-state index >= 15 is 0 Å². The van der Waals surface area contributed by atoms with E-state index in [1.54, 1.807) is 73.3 Å². The number of aromatic nitrogens is 8. The first-order valence-electron chi connectivity index (χ1n) is 15.7. The van der Waals surface area contributed by atoms with Crippen molar-refractivity contribution >= 4 is 55.3 Å². The summed E-state index contributed by atoms with van der Waals surface area (Å²) in [6.07, 6.45) is 12.1. The molecule has 0 aliphatic heterocycles. The molecule has 6 aromatic rings.